The van der Waals surface area contributed by atoms with Gasteiger partial charge >= 0.3 is 12.5 Å². The van der Waals surface area contributed by atoms with Gasteiger partial charge in [-0.25, -0.2) is 4.79 Å². The largest absolute Gasteiger partial charge is 0.573 e. The topological polar surface area (TPSA) is 42.0 Å². The molecule has 1 heterocycles. The molecule has 0 spiro atoms. The van der Waals surface area contributed by atoms with E-state index in [1.807, 2.05) is 34.6 Å². The zero-order valence-electron chi connectivity index (χ0n) is 16.3. The average molecular weight is 388 g/mol. The van der Waals surface area contributed by atoms with Crippen LogP contribution >= 0.6 is 0 Å². The molecule has 2 atom stereocenters. The highest BCUT2D eigenvalue weighted by atomic mass is 19.4. The molecule has 1 aromatic carbocycles. The van der Waals surface area contributed by atoms with E-state index in [0.29, 0.717) is 19.6 Å². The highest BCUT2D eigenvalue weighted by Crippen LogP contribution is 2.29. The zero-order chi connectivity index (χ0) is 20.4. The van der Waals surface area contributed by atoms with Gasteiger partial charge in [-0.1, -0.05) is 12.1 Å². The first-order valence-electron chi connectivity index (χ1n) is 8.95. The molecule has 0 unspecified atom stereocenters. The number of halogens is 3. The third-order valence-corrected chi connectivity index (χ3v) is 4.42. The molecular weight excluding hydrogens is 361 g/mol. The van der Waals surface area contributed by atoms with Crippen molar-refractivity contribution in [1.82, 2.24) is 9.80 Å². The first-order chi connectivity index (χ1) is 12.4. The smallest absolute Gasteiger partial charge is 0.444 e. The summed E-state index contributed by atoms with van der Waals surface area (Å²) >= 11 is 0. The first kappa shape index (κ1) is 21.3. The van der Waals surface area contributed by atoms with Crippen LogP contribution in [0.15, 0.2) is 24.3 Å². The lowest BCUT2D eigenvalue weighted by molar-refractivity contribution is -0.274. The number of amides is 1. The molecule has 1 amide bonds. The van der Waals surface area contributed by atoms with Crippen LogP contribution < -0.4 is 4.74 Å². The average Bonchev–Trinajstić information content (AvgIpc) is 2.51. The minimum absolute atomic E-state index is 0.000670. The van der Waals surface area contributed by atoms with Gasteiger partial charge in [-0.2, -0.15) is 0 Å². The molecule has 0 aromatic heterocycles. The van der Waals surface area contributed by atoms with Crippen LogP contribution in [0.2, 0.25) is 0 Å². The van der Waals surface area contributed by atoms with Crippen molar-refractivity contribution in [2.45, 2.75) is 58.7 Å². The van der Waals surface area contributed by atoms with E-state index in [1.165, 1.54) is 12.1 Å². The molecule has 152 valence electrons. The molecule has 0 bridgehead atoms. The Hall–Kier alpha value is -1.96. The number of nitrogens with zero attached hydrogens (tertiary/aromatic N) is 2. The summed E-state index contributed by atoms with van der Waals surface area (Å²) in [5.41, 5.74) is 0.354. The molecule has 2 rings (SSSR count). The Bertz CT molecular complexity index is 641. The number of piperazine rings is 1. The maximum absolute atomic E-state index is 12.3. The second-order valence-corrected chi connectivity index (χ2v) is 7.81. The van der Waals surface area contributed by atoms with E-state index in [4.69, 9.17) is 4.74 Å². The van der Waals surface area contributed by atoms with Crippen LogP contribution in [0.25, 0.3) is 0 Å². The number of benzene rings is 1. The first-order valence-corrected chi connectivity index (χ1v) is 8.95. The second-order valence-electron chi connectivity index (χ2n) is 7.81. The predicted molar refractivity (Wildman–Crippen MR) is 95.5 cm³/mol. The normalized spacial score (nSPS) is 20.3. The van der Waals surface area contributed by atoms with Crippen molar-refractivity contribution >= 4 is 6.09 Å². The third kappa shape index (κ3) is 6.30. The highest BCUT2D eigenvalue weighted by Gasteiger charge is 2.33. The number of hydrogen-bond donors (Lipinski definition) is 0. The molecular formula is C19H27F3N2O3. The van der Waals surface area contributed by atoms with Gasteiger partial charge in [-0.15, -0.1) is 13.2 Å². The van der Waals surface area contributed by atoms with E-state index in [2.05, 4.69) is 9.64 Å². The Morgan fingerprint density at radius 2 is 1.74 bits per heavy atom. The molecule has 1 saturated heterocycles. The number of ether oxygens (including phenoxy) is 2. The maximum Gasteiger partial charge on any atom is 0.573 e. The molecule has 27 heavy (non-hydrogen) atoms. The van der Waals surface area contributed by atoms with E-state index in [0.717, 1.165) is 5.56 Å². The van der Waals surface area contributed by atoms with Gasteiger partial charge in [0.05, 0.1) is 0 Å². The van der Waals surface area contributed by atoms with Crippen LogP contribution in [0.3, 0.4) is 0 Å². The lowest BCUT2D eigenvalue weighted by Crippen LogP contribution is -2.54. The number of hydrogen-bond acceptors (Lipinski definition) is 4. The number of alkyl halides is 3. The fourth-order valence-corrected chi connectivity index (χ4v) is 3.18. The molecule has 0 aliphatic carbocycles. The summed E-state index contributed by atoms with van der Waals surface area (Å²) in [5, 5.41) is 0. The van der Waals surface area contributed by atoms with Crippen LogP contribution in [0.1, 0.15) is 46.2 Å². The number of rotatable bonds is 3. The molecule has 1 fully saturated rings. The lowest BCUT2D eigenvalue weighted by atomic mass is 10.0. The van der Waals surface area contributed by atoms with Crippen molar-refractivity contribution in [1.29, 1.82) is 0 Å². The predicted octanol–water partition coefficient (Wildman–Crippen LogP) is 4.59. The summed E-state index contributed by atoms with van der Waals surface area (Å²) in [4.78, 5) is 16.2. The van der Waals surface area contributed by atoms with Crippen LogP contribution in [0.5, 0.6) is 5.75 Å². The molecule has 8 heteroatoms. The van der Waals surface area contributed by atoms with Gasteiger partial charge in [0.2, 0.25) is 0 Å². The zero-order valence-corrected chi connectivity index (χ0v) is 16.3. The van der Waals surface area contributed by atoms with Crippen LogP contribution in [0, 0.1) is 0 Å². The van der Waals surface area contributed by atoms with Crippen molar-refractivity contribution in [3.63, 3.8) is 0 Å². The summed E-state index contributed by atoms with van der Waals surface area (Å²) in [7, 11) is 0. The third-order valence-electron chi connectivity index (χ3n) is 4.42. The van der Waals surface area contributed by atoms with Crippen molar-refractivity contribution in [3.8, 4) is 5.75 Å². The Balaban J connectivity index is 1.98. The summed E-state index contributed by atoms with van der Waals surface area (Å²) in [5.74, 6) is -0.235. The second kappa shape index (κ2) is 7.96. The molecule has 1 aliphatic heterocycles. The van der Waals surface area contributed by atoms with E-state index in [9.17, 15) is 18.0 Å². The van der Waals surface area contributed by atoms with E-state index >= 15 is 0 Å². The van der Waals surface area contributed by atoms with E-state index in [-0.39, 0.29) is 23.9 Å². The molecule has 5 nitrogen and oxygen atoms in total. The summed E-state index contributed by atoms with van der Waals surface area (Å²) in [6.45, 7) is 11.2. The maximum atomic E-state index is 12.3. The van der Waals surface area contributed by atoms with Gasteiger partial charge in [0.1, 0.15) is 11.4 Å². The monoisotopic (exact) mass is 388 g/mol. The SMILES string of the molecule is C[C@H](c1ccc(OC(F)(F)F)cc1)N1CCN(C(=O)OC(C)(C)C)C[C@@H]1C. The van der Waals surface area contributed by atoms with Crippen molar-refractivity contribution in [2.75, 3.05) is 19.6 Å². The Labute approximate surface area is 158 Å². The lowest BCUT2D eigenvalue weighted by Gasteiger charge is -2.43. The minimum Gasteiger partial charge on any atom is -0.444 e. The van der Waals surface area contributed by atoms with Crippen molar-refractivity contribution in [2.24, 2.45) is 0 Å². The molecule has 1 aliphatic rings. The standard InChI is InChI=1S/C19H27F3N2O3/c1-13-12-23(17(25)27-18(3,4)5)10-11-24(13)14(2)15-6-8-16(9-7-15)26-19(20,21)22/h6-9,13-14H,10-12H2,1-5H3/t13-,14+/m0/s1. The van der Waals surface area contributed by atoms with Gasteiger partial charge in [0, 0.05) is 31.7 Å². The fraction of sp³-hybridized carbons (Fsp3) is 0.632. The van der Waals surface area contributed by atoms with Crippen LogP contribution in [-0.4, -0.2) is 53.5 Å². The van der Waals surface area contributed by atoms with Gasteiger partial charge < -0.3 is 14.4 Å². The quantitative estimate of drug-likeness (QED) is 0.760. The Morgan fingerprint density at radius 3 is 2.22 bits per heavy atom. The number of carbonyl (C=O) groups excluding carboxylic acids is 1. The van der Waals surface area contributed by atoms with Crippen LogP contribution in [-0.2, 0) is 4.74 Å². The van der Waals surface area contributed by atoms with Crippen LogP contribution in [0.4, 0.5) is 18.0 Å². The van der Waals surface area contributed by atoms with Gasteiger partial charge in [-0.3, -0.25) is 4.90 Å². The molecule has 0 saturated carbocycles. The summed E-state index contributed by atoms with van der Waals surface area (Å²) in [6.07, 6.45) is -5.02. The molecule has 0 radical (unpaired) electrons. The van der Waals surface area contributed by atoms with Crippen molar-refractivity contribution in [3.05, 3.63) is 29.8 Å². The number of carbonyl (C=O) groups is 1. The minimum atomic E-state index is -4.69. The Kier molecular flexibility index (Phi) is 6.29. The van der Waals surface area contributed by atoms with Gasteiger partial charge in [0.15, 0.2) is 0 Å². The van der Waals surface area contributed by atoms with Gasteiger partial charge in [0.25, 0.3) is 0 Å². The fourth-order valence-electron chi connectivity index (χ4n) is 3.18. The molecule has 1 aromatic rings. The Morgan fingerprint density at radius 1 is 1.15 bits per heavy atom. The summed E-state index contributed by atoms with van der Waals surface area (Å²) < 4.78 is 46.2. The highest BCUT2D eigenvalue weighted by molar-refractivity contribution is 5.68. The van der Waals surface area contributed by atoms with E-state index in [1.54, 1.807) is 17.0 Å². The van der Waals surface area contributed by atoms with E-state index < -0.39 is 12.0 Å². The van der Waals surface area contributed by atoms with Gasteiger partial charge in [-0.05, 0) is 52.3 Å². The molecule has 0 N–H and O–H groups in total. The van der Waals surface area contributed by atoms with Crippen molar-refractivity contribution < 1.29 is 27.4 Å². The summed E-state index contributed by atoms with van der Waals surface area (Å²) in [6, 6.07) is 6.01.